The molecule has 1 fully saturated rings. The highest BCUT2D eigenvalue weighted by atomic mass is 16.6. The molecule has 96 valence electrons. The van der Waals surface area contributed by atoms with Gasteiger partial charge < -0.3 is 10.6 Å². The Morgan fingerprint density at radius 2 is 2.28 bits per heavy atom. The number of non-ortho nitro benzene ring substituents is 1. The summed E-state index contributed by atoms with van der Waals surface area (Å²) in [5.41, 5.74) is 0.444. The van der Waals surface area contributed by atoms with Gasteiger partial charge in [-0.2, -0.15) is 0 Å². The van der Waals surface area contributed by atoms with E-state index in [0.29, 0.717) is 11.6 Å². The zero-order valence-electron chi connectivity index (χ0n) is 10.1. The van der Waals surface area contributed by atoms with E-state index in [4.69, 9.17) is 0 Å². The summed E-state index contributed by atoms with van der Waals surface area (Å²) in [7, 11) is 0. The summed E-state index contributed by atoms with van der Waals surface area (Å²) in [5, 5.41) is 16.5. The van der Waals surface area contributed by atoms with E-state index >= 15 is 0 Å². The molecular formula is C12H15N3O3. The maximum absolute atomic E-state index is 11.9. The second-order valence-electron chi connectivity index (χ2n) is 4.50. The van der Waals surface area contributed by atoms with Crippen LogP contribution in [-0.2, 0) is 4.79 Å². The van der Waals surface area contributed by atoms with Gasteiger partial charge in [0.25, 0.3) is 5.69 Å². The van der Waals surface area contributed by atoms with Crippen molar-refractivity contribution in [3.63, 3.8) is 0 Å². The van der Waals surface area contributed by atoms with Gasteiger partial charge >= 0.3 is 0 Å². The lowest BCUT2D eigenvalue weighted by atomic mass is 9.88. The lowest BCUT2D eigenvalue weighted by molar-refractivity contribution is -0.384. The molecule has 0 aliphatic carbocycles. The van der Waals surface area contributed by atoms with E-state index in [9.17, 15) is 14.9 Å². The first kappa shape index (κ1) is 12.5. The molecule has 1 aliphatic rings. The number of carbonyl (C=O) groups excluding carboxylic acids is 1. The number of nitrogens with zero attached hydrogens (tertiary/aromatic N) is 1. The summed E-state index contributed by atoms with van der Waals surface area (Å²) in [6, 6.07) is 5.97. The van der Waals surface area contributed by atoms with Gasteiger partial charge in [-0.1, -0.05) is 13.0 Å². The molecule has 1 unspecified atom stereocenters. The zero-order chi connectivity index (χ0) is 13.1. The SMILES string of the molecule is CC(C(=O)Nc1cccc([N+](=O)[O-])c1)C1CNC1. The molecule has 0 bridgehead atoms. The van der Waals surface area contributed by atoms with Crippen molar-refractivity contribution in [2.75, 3.05) is 18.4 Å². The van der Waals surface area contributed by atoms with Crippen molar-refractivity contribution in [3.8, 4) is 0 Å². The fourth-order valence-corrected chi connectivity index (χ4v) is 1.83. The number of nitro groups is 1. The van der Waals surface area contributed by atoms with Crippen LogP contribution in [0.25, 0.3) is 0 Å². The molecule has 2 N–H and O–H groups in total. The fourth-order valence-electron chi connectivity index (χ4n) is 1.83. The monoisotopic (exact) mass is 249 g/mol. The molecule has 18 heavy (non-hydrogen) atoms. The van der Waals surface area contributed by atoms with E-state index in [1.807, 2.05) is 6.92 Å². The van der Waals surface area contributed by atoms with Crippen LogP contribution < -0.4 is 10.6 Å². The lowest BCUT2D eigenvalue weighted by Crippen LogP contribution is -2.48. The van der Waals surface area contributed by atoms with Gasteiger partial charge in [0.15, 0.2) is 0 Å². The number of rotatable bonds is 4. The first-order valence-corrected chi connectivity index (χ1v) is 5.84. The molecule has 0 aromatic heterocycles. The molecule has 0 radical (unpaired) electrons. The topological polar surface area (TPSA) is 84.3 Å². The van der Waals surface area contributed by atoms with Crippen molar-refractivity contribution in [2.24, 2.45) is 11.8 Å². The quantitative estimate of drug-likeness (QED) is 0.623. The normalized spacial score (nSPS) is 16.7. The average molecular weight is 249 g/mol. The molecule has 0 spiro atoms. The standard InChI is InChI=1S/C12H15N3O3/c1-8(9-6-13-7-9)12(16)14-10-3-2-4-11(5-10)15(17)18/h2-5,8-9,13H,6-7H2,1H3,(H,14,16). The van der Waals surface area contributed by atoms with Crippen LogP contribution in [0, 0.1) is 22.0 Å². The maximum Gasteiger partial charge on any atom is 0.271 e. The Balaban J connectivity index is 2.02. The minimum Gasteiger partial charge on any atom is -0.326 e. The number of carbonyl (C=O) groups is 1. The van der Waals surface area contributed by atoms with Crippen LogP contribution in [0.1, 0.15) is 6.92 Å². The number of hydrogen-bond acceptors (Lipinski definition) is 4. The smallest absolute Gasteiger partial charge is 0.271 e. The molecule has 1 atom stereocenters. The van der Waals surface area contributed by atoms with Crippen LogP contribution in [0.2, 0.25) is 0 Å². The predicted molar refractivity (Wildman–Crippen MR) is 67.2 cm³/mol. The summed E-state index contributed by atoms with van der Waals surface area (Å²) in [6.45, 7) is 3.57. The lowest BCUT2D eigenvalue weighted by Gasteiger charge is -2.31. The van der Waals surface area contributed by atoms with Gasteiger partial charge in [0, 0.05) is 23.7 Å². The maximum atomic E-state index is 11.9. The van der Waals surface area contributed by atoms with E-state index in [-0.39, 0.29) is 17.5 Å². The van der Waals surface area contributed by atoms with Gasteiger partial charge in [-0.25, -0.2) is 0 Å². The Bertz CT molecular complexity index is 471. The van der Waals surface area contributed by atoms with Crippen LogP contribution >= 0.6 is 0 Å². The summed E-state index contributed by atoms with van der Waals surface area (Å²) in [5.74, 6) is 0.163. The van der Waals surface area contributed by atoms with E-state index < -0.39 is 4.92 Å². The molecule has 6 heteroatoms. The Morgan fingerprint density at radius 3 is 2.83 bits per heavy atom. The Morgan fingerprint density at radius 1 is 1.56 bits per heavy atom. The average Bonchev–Trinajstić information content (AvgIpc) is 2.26. The van der Waals surface area contributed by atoms with E-state index in [2.05, 4.69) is 10.6 Å². The molecular weight excluding hydrogens is 234 g/mol. The Hall–Kier alpha value is -1.95. The van der Waals surface area contributed by atoms with Gasteiger partial charge in [-0.15, -0.1) is 0 Å². The molecule has 1 amide bonds. The highest BCUT2D eigenvalue weighted by molar-refractivity contribution is 5.92. The van der Waals surface area contributed by atoms with E-state index in [1.54, 1.807) is 12.1 Å². The summed E-state index contributed by atoms with van der Waals surface area (Å²) in [6.07, 6.45) is 0. The molecule has 1 heterocycles. The molecule has 2 rings (SSSR count). The van der Waals surface area contributed by atoms with Crippen molar-refractivity contribution < 1.29 is 9.72 Å². The predicted octanol–water partition coefficient (Wildman–Crippen LogP) is 1.39. The minimum absolute atomic E-state index is 0.0224. The Kier molecular flexibility index (Phi) is 3.57. The fraction of sp³-hybridized carbons (Fsp3) is 0.417. The largest absolute Gasteiger partial charge is 0.326 e. The van der Waals surface area contributed by atoms with Crippen LogP contribution in [0.4, 0.5) is 11.4 Å². The van der Waals surface area contributed by atoms with Crippen LogP contribution in [0.3, 0.4) is 0 Å². The first-order valence-electron chi connectivity index (χ1n) is 5.84. The van der Waals surface area contributed by atoms with Gasteiger partial charge in [-0.05, 0) is 25.1 Å². The number of anilines is 1. The number of nitro benzene ring substituents is 1. The number of nitrogens with one attached hydrogen (secondary N) is 2. The highest BCUT2D eigenvalue weighted by Gasteiger charge is 2.28. The third kappa shape index (κ3) is 2.65. The third-order valence-electron chi connectivity index (χ3n) is 3.26. The molecule has 1 aliphatic heterocycles. The van der Waals surface area contributed by atoms with Crippen molar-refractivity contribution in [1.29, 1.82) is 0 Å². The van der Waals surface area contributed by atoms with Crippen LogP contribution in [-0.4, -0.2) is 23.9 Å². The molecule has 1 aromatic carbocycles. The summed E-state index contributed by atoms with van der Waals surface area (Å²) >= 11 is 0. The van der Waals surface area contributed by atoms with Crippen LogP contribution in [0.15, 0.2) is 24.3 Å². The molecule has 0 saturated carbocycles. The van der Waals surface area contributed by atoms with Crippen molar-refractivity contribution in [1.82, 2.24) is 5.32 Å². The van der Waals surface area contributed by atoms with Crippen LogP contribution in [0.5, 0.6) is 0 Å². The van der Waals surface area contributed by atoms with Gasteiger partial charge in [0.1, 0.15) is 0 Å². The number of benzene rings is 1. The Labute approximate surface area is 105 Å². The third-order valence-corrected chi connectivity index (χ3v) is 3.26. The first-order chi connectivity index (χ1) is 8.58. The highest BCUT2D eigenvalue weighted by Crippen LogP contribution is 2.20. The number of amides is 1. The van der Waals surface area contributed by atoms with E-state index in [1.165, 1.54) is 12.1 Å². The zero-order valence-corrected chi connectivity index (χ0v) is 10.1. The molecule has 6 nitrogen and oxygen atoms in total. The van der Waals surface area contributed by atoms with Gasteiger partial charge in [-0.3, -0.25) is 14.9 Å². The van der Waals surface area contributed by atoms with Crippen molar-refractivity contribution in [2.45, 2.75) is 6.92 Å². The van der Waals surface area contributed by atoms with Crippen molar-refractivity contribution in [3.05, 3.63) is 34.4 Å². The van der Waals surface area contributed by atoms with Crippen molar-refractivity contribution >= 4 is 17.3 Å². The second kappa shape index (κ2) is 5.14. The number of hydrogen-bond donors (Lipinski definition) is 2. The van der Waals surface area contributed by atoms with Gasteiger partial charge in [0.2, 0.25) is 5.91 Å². The minimum atomic E-state index is -0.477. The summed E-state index contributed by atoms with van der Waals surface area (Å²) < 4.78 is 0. The molecule has 1 aromatic rings. The van der Waals surface area contributed by atoms with E-state index in [0.717, 1.165) is 13.1 Å². The van der Waals surface area contributed by atoms with Gasteiger partial charge in [0.05, 0.1) is 4.92 Å². The second-order valence-corrected chi connectivity index (χ2v) is 4.50. The summed E-state index contributed by atoms with van der Waals surface area (Å²) in [4.78, 5) is 22.1. The molecule has 1 saturated heterocycles.